The Balaban J connectivity index is 1.94. The molecule has 1 atom stereocenters. The Morgan fingerprint density at radius 3 is 2.41 bits per heavy atom. The van der Waals surface area contributed by atoms with Crippen molar-refractivity contribution < 1.29 is 13.2 Å². The number of hydrogen-bond acceptors (Lipinski definition) is 3. The van der Waals surface area contributed by atoms with Crippen molar-refractivity contribution in [3.63, 3.8) is 0 Å². The molecule has 7 heteroatoms. The molecule has 27 heavy (non-hydrogen) atoms. The molecule has 0 aromatic heterocycles. The van der Waals surface area contributed by atoms with E-state index in [4.69, 9.17) is 11.6 Å². The van der Waals surface area contributed by atoms with Crippen molar-refractivity contribution in [2.75, 3.05) is 15.9 Å². The number of sulfonamides is 1. The highest BCUT2D eigenvalue weighted by Gasteiger charge is 2.29. The van der Waals surface area contributed by atoms with Crippen LogP contribution >= 0.6 is 11.6 Å². The number of hydrogen-bond donors (Lipinski definition) is 1. The number of anilines is 2. The number of amides is 1. The van der Waals surface area contributed by atoms with Gasteiger partial charge in [0.15, 0.2) is 0 Å². The molecule has 0 aliphatic rings. The molecule has 0 saturated heterocycles. The van der Waals surface area contributed by atoms with Gasteiger partial charge in [0.2, 0.25) is 15.9 Å². The van der Waals surface area contributed by atoms with Crippen molar-refractivity contribution in [3.8, 4) is 0 Å². The molecular weight excluding hydrogens is 384 g/mol. The smallest absolute Gasteiger partial charge is 0.248 e. The zero-order chi connectivity index (χ0) is 19.6. The number of rotatable bonds is 5. The molecular formula is C20H19ClN2O3S. The molecule has 140 valence electrons. The van der Waals surface area contributed by atoms with Crippen molar-refractivity contribution in [3.05, 3.63) is 71.8 Å². The summed E-state index contributed by atoms with van der Waals surface area (Å²) in [4.78, 5) is 12.9. The summed E-state index contributed by atoms with van der Waals surface area (Å²) < 4.78 is 25.8. The van der Waals surface area contributed by atoms with Crippen molar-refractivity contribution in [2.24, 2.45) is 0 Å². The van der Waals surface area contributed by atoms with E-state index >= 15 is 0 Å². The summed E-state index contributed by atoms with van der Waals surface area (Å²) in [6, 6.07) is 18.7. The van der Waals surface area contributed by atoms with Crippen LogP contribution in [0.25, 0.3) is 10.8 Å². The van der Waals surface area contributed by atoms with Crippen LogP contribution in [0.3, 0.4) is 0 Å². The van der Waals surface area contributed by atoms with E-state index < -0.39 is 22.0 Å². The van der Waals surface area contributed by atoms with Crippen LogP contribution in [0.2, 0.25) is 5.02 Å². The van der Waals surface area contributed by atoms with Crippen molar-refractivity contribution in [1.29, 1.82) is 0 Å². The summed E-state index contributed by atoms with van der Waals surface area (Å²) in [6.45, 7) is 1.54. The first kappa shape index (κ1) is 19.2. The van der Waals surface area contributed by atoms with Crippen molar-refractivity contribution in [1.82, 2.24) is 0 Å². The summed E-state index contributed by atoms with van der Waals surface area (Å²) in [5, 5.41) is 5.10. The maximum atomic E-state index is 12.9. The zero-order valence-electron chi connectivity index (χ0n) is 14.9. The van der Waals surface area contributed by atoms with Crippen LogP contribution in [-0.4, -0.2) is 26.6 Å². The molecule has 0 fully saturated rings. The van der Waals surface area contributed by atoms with Gasteiger partial charge in [-0.25, -0.2) is 8.42 Å². The number of halogens is 1. The zero-order valence-corrected chi connectivity index (χ0v) is 16.5. The third-order valence-electron chi connectivity index (χ3n) is 4.20. The van der Waals surface area contributed by atoms with Crippen molar-refractivity contribution >= 4 is 49.7 Å². The third kappa shape index (κ3) is 4.23. The molecule has 1 amide bonds. The quantitative estimate of drug-likeness (QED) is 0.692. The first-order valence-electron chi connectivity index (χ1n) is 8.31. The van der Waals surface area contributed by atoms with E-state index in [0.717, 1.165) is 21.3 Å². The number of benzene rings is 3. The minimum Gasteiger partial charge on any atom is -0.324 e. The number of nitrogens with zero attached hydrogens (tertiary/aromatic N) is 1. The number of nitrogens with one attached hydrogen (secondary N) is 1. The molecule has 3 aromatic carbocycles. The highest BCUT2D eigenvalue weighted by molar-refractivity contribution is 7.92. The van der Waals surface area contributed by atoms with E-state index in [2.05, 4.69) is 5.32 Å². The lowest BCUT2D eigenvalue weighted by molar-refractivity contribution is -0.116. The van der Waals surface area contributed by atoms with Crippen LogP contribution < -0.4 is 9.62 Å². The van der Waals surface area contributed by atoms with Crippen LogP contribution in [0.5, 0.6) is 0 Å². The van der Waals surface area contributed by atoms with Gasteiger partial charge < -0.3 is 5.32 Å². The molecule has 0 spiro atoms. The minimum absolute atomic E-state index is 0.338. The second-order valence-electron chi connectivity index (χ2n) is 6.23. The van der Waals surface area contributed by atoms with Gasteiger partial charge in [0.25, 0.3) is 0 Å². The number of fused-ring (bicyclic) bond motifs is 1. The van der Waals surface area contributed by atoms with E-state index in [1.807, 2.05) is 36.4 Å². The highest BCUT2D eigenvalue weighted by atomic mass is 35.5. The van der Waals surface area contributed by atoms with Gasteiger partial charge in [-0.3, -0.25) is 9.10 Å². The Hall–Kier alpha value is -2.57. The normalized spacial score (nSPS) is 12.6. The molecule has 0 radical (unpaired) electrons. The van der Waals surface area contributed by atoms with Crippen LogP contribution in [0, 0.1) is 0 Å². The Kier molecular flexibility index (Phi) is 5.39. The van der Waals surface area contributed by atoms with Gasteiger partial charge in [0, 0.05) is 16.1 Å². The highest BCUT2D eigenvalue weighted by Crippen LogP contribution is 2.26. The maximum absolute atomic E-state index is 12.9. The topological polar surface area (TPSA) is 66.5 Å². The number of carbonyl (C=O) groups is 1. The first-order valence-corrected chi connectivity index (χ1v) is 10.5. The predicted octanol–water partition coefficient (Wildman–Crippen LogP) is 4.29. The SMILES string of the molecule is C[C@@H](C(=O)Nc1cccc2ccccc12)N(c1cccc(Cl)c1)S(C)(=O)=O. The maximum Gasteiger partial charge on any atom is 0.248 e. The molecule has 3 aromatic rings. The minimum atomic E-state index is -3.70. The molecule has 0 bridgehead atoms. The van der Waals surface area contributed by atoms with E-state index in [0.29, 0.717) is 16.4 Å². The second kappa shape index (κ2) is 7.58. The van der Waals surface area contributed by atoms with Gasteiger partial charge in [-0.2, -0.15) is 0 Å². The first-order chi connectivity index (χ1) is 12.8. The standard InChI is InChI=1S/C20H19ClN2O3S/c1-14(23(27(2,25)26)17-10-6-9-16(21)13-17)20(24)22-19-12-5-8-15-7-3-4-11-18(15)19/h3-14H,1-2H3,(H,22,24)/t14-/m0/s1. The lowest BCUT2D eigenvalue weighted by Gasteiger charge is -2.28. The summed E-state index contributed by atoms with van der Waals surface area (Å²) in [5.74, 6) is -0.434. The lowest BCUT2D eigenvalue weighted by Crippen LogP contribution is -2.45. The van der Waals surface area contributed by atoms with Gasteiger partial charge in [-0.1, -0.05) is 54.1 Å². The Labute approximate surface area is 163 Å². The molecule has 0 aliphatic heterocycles. The summed E-state index contributed by atoms with van der Waals surface area (Å²) in [6.07, 6.45) is 1.07. The fourth-order valence-electron chi connectivity index (χ4n) is 2.99. The average Bonchev–Trinajstić information content (AvgIpc) is 2.61. The fraction of sp³-hybridized carbons (Fsp3) is 0.150. The average molecular weight is 403 g/mol. The van der Waals surface area contributed by atoms with E-state index in [9.17, 15) is 13.2 Å². The predicted molar refractivity (Wildman–Crippen MR) is 111 cm³/mol. The number of carbonyl (C=O) groups excluding carboxylic acids is 1. The molecule has 0 aliphatic carbocycles. The Bertz CT molecular complexity index is 1090. The molecule has 0 saturated carbocycles. The van der Waals surface area contributed by atoms with Gasteiger partial charge in [-0.05, 0) is 36.6 Å². The van der Waals surface area contributed by atoms with Gasteiger partial charge in [0.1, 0.15) is 6.04 Å². The van der Waals surface area contributed by atoms with Crippen LogP contribution in [0.1, 0.15) is 6.92 Å². The summed E-state index contributed by atoms with van der Waals surface area (Å²) >= 11 is 6.00. The molecule has 1 N–H and O–H groups in total. The summed E-state index contributed by atoms with van der Waals surface area (Å²) in [5.41, 5.74) is 0.968. The Morgan fingerprint density at radius 2 is 1.70 bits per heavy atom. The van der Waals surface area contributed by atoms with Crippen LogP contribution in [0.4, 0.5) is 11.4 Å². The largest absolute Gasteiger partial charge is 0.324 e. The second-order valence-corrected chi connectivity index (χ2v) is 8.53. The summed E-state index contributed by atoms with van der Waals surface area (Å²) in [7, 11) is -3.70. The third-order valence-corrected chi connectivity index (χ3v) is 5.68. The van der Waals surface area contributed by atoms with Gasteiger partial charge >= 0.3 is 0 Å². The van der Waals surface area contributed by atoms with Crippen LogP contribution in [-0.2, 0) is 14.8 Å². The van der Waals surface area contributed by atoms with Crippen molar-refractivity contribution in [2.45, 2.75) is 13.0 Å². The molecule has 3 rings (SSSR count). The van der Waals surface area contributed by atoms with Crippen LogP contribution in [0.15, 0.2) is 66.7 Å². The van der Waals surface area contributed by atoms with E-state index in [1.54, 1.807) is 31.2 Å². The molecule has 5 nitrogen and oxygen atoms in total. The van der Waals surface area contributed by atoms with Gasteiger partial charge in [-0.15, -0.1) is 0 Å². The van der Waals surface area contributed by atoms with E-state index in [-0.39, 0.29) is 0 Å². The lowest BCUT2D eigenvalue weighted by atomic mass is 10.1. The Morgan fingerprint density at radius 1 is 1.04 bits per heavy atom. The fourth-order valence-corrected chi connectivity index (χ4v) is 4.34. The van der Waals surface area contributed by atoms with E-state index in [1.165, 1.54) is 6.07 Å². The monoisotopic (exact) mass is 402 g/mol. The molecule has 0 heterocycles. The van der Waals surface area contributed by atoms with Gasteiger partial charge in [0.05, 0.1) is 11.9 Å². The molecule has 0 unspecified atom stereocenters.